The number of hydrogen-bond donors (Lipinski definition) is 1. The third kappa shape index (κ3) is 4.70. The molecule has 5 nitrogen and oxygen atoms in total. The van der Waals surface area contributed by atoms with Gasteiger partial charge in [0.2, 0.25) is 0 Å². The Bertz CT molecular complexity index is 1140. The number of fused-ring (bicyclic) bond motifs is 1. The summed E-state index contributed by atoms with van der Waals surface area (Å²) in [6.45, 7) is 2.59. The molecule has 3 rings (SSSR count). The lowest BCUT2D eigenvalue weighted by Gasteiger charge is -2.13. The topological polar surface area (TPSA) is 65.4 Å². The summed E-state index contributed by atoms with van der Waals surface area (Å²) in [6, 6.07) is 18.9. The van der Waals surface area contributed by atoms with Crippen molar-refractivity contribution in [1.82, 2.24) is 5.32 Å². The number of thiophene rings is 1. The van der Waals surface area contributed by atoms with Gasteiger partial charge in [0.05, 0.1) is 6.61 Å². The molecule has 1 heterocycles. The molecule has 0 spiro atoms. The van der Waals surface area contributed by atoms with Gasteiger partial charge in [0.15, 0.2) is 0 Å². The van der Waals surface area contributed by atoms with Crippen molar-refractivity contribution < 1.29 is 9.53 Å². The van der Waals surface area contributed by atoms with Crippen LogP contribution in [0.2, 0.25) is 0 Å². The Morgan fingerprint density at radius 3 is 2.57 bits per heavy atom. The van der Waals surface area contributed by atoms with Crippen LogP contribution in [-0.2, 0) is 9.53 Å². The number of hydrogen-bond acceptors (Lipinski definition) is 5. The van der Waals surface area contributed by atoms with E-state index in [0.29, 0.717) is 18.7 Å². The molecule has 0 bridgehead atoms. The van der Waals surface area contributed by atoms with Gasteiger partial charge < -0.3 is 15.0 Å². The highest BCUT2D eigenvalue weighted by molar-refractivity contribution is 7.16. The first-order valence-corrected chi connectivity index (χ1v) is 10.5. The van der Waals surface area contributed by atoms with Crippen molar-refractivity contribution in [1.29, 1.82) is 5.26 Å². The van der Waals surface area contributed by atoms with E-state index >= 15 is 0 Å². The van der Waals surface area contributed by atoms with E-state index in [2.05, 4.69) is 46.6 Å². The summed E-state index contributed by atoms with van der Waals surface area (Å²) >= 11 is 1.58. The Hall–Kier alpha value is -3.14. The van der Waals surface area contributed by atoms with E-state index in [1.54, 1.807) is 18.4 Å². The fourth-order valence-corrected chi connectivity index (χ4v) is 4.15. The van der Waals surface area contributed by atoms with Crippen LogP contribution in [0.3, 0.4) is 0 Å². The van der Waals surface area contributed by atoms with Gasteiger partial charge in [-0.2, -0.15) is 5.26 Å². The van der Waals surface area contributed by atoms with Crippen LogP contribution >= 0.6 is 11.3 Å². The summed E-state index contributed by atoms with van der Waals surface area (Å²) < 4.78 is 4.94. The predicted molar refractivity (Wildman–Crippen MR) is 125 cm³/mol. The van der Waals surface area contributed by atoms with E-state index in [1.165, 1.54) is 16.5 Å². The molecule has 0 aliphatic heterocycles. The Labute approximate surface area is 181 Å². The van der Waals surface area contributed by atoms with Crippen molar-refractivity contribution in [2.75, 3.05) is 39.3 Å². The lowest BCUT2D eigenvalue weighted by Crippen LogP contribution is -2.28. The van der Waals surface area contributed by atoms with Crippen molar-refractivity contribution in [2.45, 2.75) is 6.92 Å². The first kappa shape index (κ1) is 21.6. The Morgan fingerprint density at radius 1 is 1.13 bits per heavy atom. The zero-order valence-electron chi connectivity index (χ0n) is 17.7. The molecule has 0 atom stereocenters. The van der Waals surface area contributed by atoms with Crippen LogP contribution in [0.15, 0.2) is 54.1 Å². The van der Waals surface area contributed by atoms with Crippen LogP contribution in [0.5, 0.6) is 0 Å². The summed E-state index contributed by atoms with van der Waals surface area (Å²) in [5, 5.41) is 14.6. The average molecular weight is 420 g/mol. The minimum atomic E-state index is -0.371. The monoisotopic (exact) mass is 419 g/mol. The zero-order valence-corrected chi connectivity index (χ0v) is 18.5. The van der Waals surface area contributed by atoms with Gasteiger partial charge in [-0.25, -0.2) is 0 Å². The number of carbonyl (C=O) groups is 1. The number of carbonyl (C=O) groups excluding carboxylic acids is 1. The Kier molecular flexibility index (Phi) is 6.88. The van der Waals surface area contributed by atoms with Gasteiger partial charge in [-0.15, -0.1) is 11.3 Å². The van der Waals surface area contributed by atoms with Crippen LogP contribution in [-0.4, -0.2) is 40.3 Å². The van der Waals surface area contributed by atoms with Crippen LogP contribution in [0.1, 0.15) is 11.8 Å². The molecular weight excluding hydrogens is 394 g/mol. The molecule has 1 aromatic heterocycles. The number of nitriles is 1. The second-order valence-corrected chi connectivity index (χ2v) is 8.25. The highest BCUT2D eigenvalue weighted by Gasteiger charge is 2.15. The van der Waals surface area contributed by atoms with Crippen LogP contribution in [0.25, 0.3) is 26.8 Å². The summed E-state index contributed by atoms with van der Waals surface area (Å²) in [7, 11) is 5.64. The molecule has 2 aromatic carbocycles. The van der Waals surface area contributed by atoms with Gasteiger partial charge >= 0.3 is 0 Å². The number of benzene rings is 2. The average Bonchev–Trinajstić information content (AvgIpc) is 3.24. The van der Waals surface area contributed by atoms with Crippen LogP contribution < -0.4 is 10.2 Å². The molecule has 0 fully saturated rings. The standard InChI is InChI=1S/C24H25N3O2S/c1-16(21(15-25)24(28)26-11-12-29-4)22-9-10-23(30-22)19-6-5-18-14-20(27(2)3)8-7-17(18)13-19/h5-10,13-14H,11-12H2,1-4H3,(H,26,28)/b21-16+. The molecule has 6 heteroatoms. The third-order valence-corrected chi connectivity index (χ3v) is 6.16. The maximum Gasteiger partial charge on any atom is 0.262 e. The van der Waals surface area contributed by atoms with E-state index in [4.69, 9.17) is 4.74 Å². The SMILES string of the molecule is COCCNC(=O)/C(C#N)=C(\C)c1ccc(-c2ccc3cc(N(C)C)ccc3c2)s1. The molecule has 0 unspecified atom stereocenters. The van der Waals surface area contributed by atoms with Gasteiger partial charge in [0, 0.05) is 43.2 Å². The van der Waals surface area contributed by atoms with Crippen molar-refractivity contribution >= 4 is 39.3 Å². The fraction of sp³-hybridized carbons (Fsp3) is 0.250. The van der Waals surface area contributed by atoms with E-state index in [1.807, 2.05) is 39.2 Å². The molecule has 154 valence electrons. The molecule has 1 amide bonds. The summed E-state index contributed by atoms with van der Waals surface area (Å²) in [6.07, 6.45) is 0. The van der Waals surface area contributed by atoms with Gasteiger partial charge in [-0.3, -0.25) is 4.79 Å². The van der Waals surface area contributed by atoms with Gasteiger partial charge in [0.25, 0.3) is 5.91 Å². The molecule has 0 aliphatic rings. The number of rotatable bonds is 7. The largest absolute Gasteiger partial charge is 0.383 e. The normalized spacial score (nSPS) is 11.7. The summed E-state index contributed by atoms with van der Waals surface area (Å²) in [4.78, 5) is 16.4. The quantitative estimate of drug-likeness (QED) is 0.343. The van der Waals surface area contributed by atoms with Gasteiger partial charge in [-0.05, 0) is 59.2 Å². The molecule has 30 heavy (non-hydrogen) atoms. The van der Waals surface area contributed by atoms with E-state index in [9.17, 15) is 10.1 Å². The fourth-order valence-electron chi connectivity index (χ4n) is 3.14. The molecule has 0 saturated heterocycles. The minimum Gasteiger partial charge on any atom is -0.383 e. The lowest BCUT2D eigenvalue weighted by atomic mass is 10.0. The molecule has 3 aromatic rings. The molecule has 0 radical (unpaired) electrons. The first-order chi connectivity index (χ1) is 14.4. The first-order valence-electron chi connectivity index (χ1n) is 9.64. The predicted octanol–water partition coefficient (Wildman–Crippen LogP) is 4.69. The second kappa shape index (κ2) is 9.57. The van der Waals surface area contributed by atoms with Crippen molar-refractivity contribution in [3.63, 3.8) is 0 Å². The number of ether oxygens (including phenoxy) is 1. The highest BCUT2D eigenvalue weighted by Crippen LogP contribution is 2.35. The number of methoxy groups -OCH3 is 1. The Morgan fingerprint density at radius 2 is 1.87 bits per heavy atom. The zero-order chi connectivity index (χ0) is 21.7. The number of anilines is 1. The van der Waals surface area contributed by atoms with Crippen molar-refractivity contribution in [3.8, 4) is 16.5 Å². The van der Waals surface area contributed by atoms with Crippen molar-refractivity contribution in [3.05, 3.63) is 59.0 Å². The van der Waals surface area contributed by atoms with Gasteiger partial charge in [0.1, 0.15) is 11.6 Å². The lowest BCUT2D eigenvalue weighted by molar-refractivity contribution is -0.117. The summed E-state index contributed by atoms with van der Waals surface area (Å²) in [5.74, 6) is -0.371. The number of allylic oxidation sites excluding steroid dienone is 1. The van der Waals surface area contributed by atoms with E-state index in [-0.39, 0.29) is 11.5 Å². The van der Waals surface area contributed by atoms with Crippen LogP contribution in [0, 0.1) is 11.3 Å². The minimum absolute atomic E-state index is 0.134. The molecular formula is C24H25N3O2S. The van der Waals surface area contributed by atoms with E-state index < -0.39 is 0 Å². The van der Waals surface area contributed by atoms with Crippen molar-refractivity contribution in [2.24, 2.45) is 0 Å². The number of amides is 1. The highest BCUT2D eigenvalue weighted by atomic mass is 32.1. The van der Waals surface area contributed by atoms with Gasteiger partial charge in [-0.1, -0.05) is 18.2 Å². The molecule has 0 saturated carbocycles. The maximum atomic E-state index is 12.3. The third-order valence-electron chi connectivity index (χ3n) is 4.91. The number of nitrogens with zero attached hydrogens (tertiary/aromatic N) is 2. The second-order valence-electron chi connectivity index (χ2n) is 7.17. The van der Waals surface area contributed by atoms with E-state index in [0.717, 1.165) is 15.3 Å². The summed E-state index contributed by atoms with van der Waals surface area (Å²) in [5.41, 5.74) is 3.10. The molecule has 1 N–H and O–H groups in total. The Balaban J connectivity index is 1.88. The smallest absolute Gasteiger partial charge is 0.262 e. The number of nitrogens with one attached hydrogen (secondary N) is 1. The maximum absolute atomic E-state index is 12.3. The van der Waals surface area contributed by atoms with Crippen LogP contribution in [0.4, 0.5) is 5.69 Å². The molecule has 0 aliphatic carbocycles.